The number of rotatable bonds is 5. The van der Waals surface area contributed by atoms with Gasteiger partial charge in [0.25, 0.3) is 0 Å². The molecule has 0 heterocycles. The molecule has 100 valence electrons. The Kier molecular flexibility index (Phi) is 4.19. The standard InChI is InChI=1S/C13H20N2O3/c1-4-15(8-13(2,3)18)9-5-6-11(14)10(7-9)12(16)17/h5-7,18H,4,8,14H2,1-3H3,(H,16,17). The number of carboxylic acids is 1. The highest BCUT2D eigenvalue weighted by atomic mass is 16.4. The van der Waals surface area contributed by atoms with Crippen LogP contribution in [0.25, 0.3) is 0 Å². The summed E-state index contributed by atoms with van der Waals surface area (Å²) >= 11 is 0. The van der Waals surface area contributed by atoms with Crippen LogP contribution in [0.1, 0.15) is 31.1 Å². The van der Waals surface area contributed by atoms with Gasteiger partial charge in [-0.2, -0.15) is 0 Å². The van der Waals surface area contributed by atoms with E-state index in [4.69, 9.17) is 10.8 Å². The molecule has 0 aliphatic carbocycles. The number of nitrogens with two attached hydrogens (primary N) is 1. The summed E-state index contributed by atoms with van der Waals surface area (Å²) < 4.78 is 0. The number of carboxylic acid groups (broad SMARTS) is 1. The summed E-state index contributed by atoms with van der Waals surface area (Å²) in [5.41, 5.74) is 5.83. The minimum Gasteiger partial charge on any atom is -0.478 e. The van der Waals surface area contributed by atoms with Crippen LogP contribution in [-0.4, -0.2) is 34.9 Å². The van der Waals surface area contributed by atoms with Crippen LogP contribution in [0, 0.1) is 0 Å². The van der Waals surface area contributed by atoms with Gasteiger partial charge in [-0.3, -0.25) is 0 Å². The van der Waals surface area contributed by atoms with Gasteiger partial charge in [0.2, 0.25) is 0 Å². The number of nitrogen functional groups attached to an aromatic ring is 1. The first kappa shape index (κ1) is 14.3. The third kappa shape index (κ3) is 3.63. The second-order valence-electron chi connectivity index (χ2n) is 4.90. The Hall–Kier alpha value is -1.75. The summed E-state index contributed by atoms with van der Waals surface area (Å²) in [7, 11) is 0. The quantitative estimate of drug-likeness (QED) is 0.692. The van der Waals surface area contributed by atoms with E-state index >= 15 is 0 Å². The fourth-order valence-corrected chi connectivity index (χ4v) is 1.78. The predicted molar refractivity (Wildman–Crippen MR) is 72.0 cm³/mol. The SMILES string of the molecule is CCN(CC(C)(C)O)c1ccc(N)c(C(=O)O)c1. The first-order valence-corrected chi connectivity index (χ1v) is 5.84. The third-order valence-corrected chi connectivity index (χ3v) is 2.59. The highest BCUT2D eigenvalue weighted by Crippen LogP contribution is 2.22. The average molecular weight is 252 g/mol. The maximum atomic E-state index is 11.0. The van der Waals surface area contributed by atoms with E-state index in [2.05, 4.69) is 0 Å². The van der Waals surface area contributed by atoms with Crippen molar-refractivity contribution in [3.8, 4) is 0 Å². The summed E-state index contributed by atoms with van der Waals surface area (Å²) in [6.45, 7) is 6.47. The Morgan fingerprint density at radius 1 is 1.44 bits per heavy atom. The molecule has 0 aromatic heterocycles. The van der Waals surface area contributed by atoms with Crippen molar-refractivity contribution in [2.75, 3.05) is 23.7 Å². The summed E-state index contributed by atoms with van der Waals surface area (Å²) in [5, 5.41) is 18.9. The number of nitrogens with zero attached hydrogens (tertiary/aromatic N) is 1. The normalized spacial score (nSPS) is 11.3. The van der Waals surface area contributed by atoms with Crippen LogP contribution < -0.4 is 10.6 Å². The van der Waals surface area contributed by atoms with Crippen molar-refractivity contribution in [2.24, 2.45) is 0 Å². The monoisotopic (exact) mass is 252 g/mol. The lowest BCUT2D eigenvalue weighted by atomic mass is 10.1. The van der Waals surface area contributed by atoms with Gasteiger partial charge in [0.15, 0.2) is 0 Å². The van der Waals surface area contributed by atoms with Gasteiger partial charge in [-0.05, 0) is 39.0 Å². The second-order valence-corrected chi connectivity index (χ2v) is 4.90. The van der Waals surface area contributed by atoms with E-state index in [-0.39, 0.29) is 11.3 Å². The Morgan fingerprint density at radius 3 is 2.50 bits per heavy atom. The predicted octanol–water partition coefficient (Wildman–Crippen LogP) is 1.56. The van der Waals surface area contributed by atoms with Crippen LogP contribution in [0.15, 0.2) is 18.2 Å². The molecule has 0 amide bonds. The molecule has 5 heteroatoms. The Labute approximate surface area is 107 Å². The van der Waals surface area contributed by atoms with Crippen molar-refractivity contribution in [2.45, 2.75) is 26.4 Å². The second kappa shape index (κ2) is 5.27. The van der Waals surface area contributed by atoms with Crippen molar-refractivity contribution >= 4 is 17.3 Å². The highest BCUT2D eigenvalue weighted by Gasteiger charge is 2.19. The molecule has 0 saturated carbocycles. The van der Waals surface area contributed by atoms with E-state index in [9.17, 15) is 9.90 Å². The maximum Gasteiger partial charge on any atom is 0.337 e. The number of likely N-dealkylation sites (N-methyl/N-ethyl adjacent to an activating group) is 1. The van der Waals surface area contributed by atoms with Crippen molar-refractivity contribution in [1.29, 1.82) is 0 Å². The van der Waals surface area contributed by atoms with E-state index < -0.39 is 11.6 Å². The Morgan fingerprint density at radius 2 is 2.06 bits per heavy atom. The fraction of sp³-hybridized carbons (Fsp3) is 0.462. The molecule has 0 unspecified atom stereocenters. The zero-order valence-electron chi connectivity index (χ0n) is 11.0. The van der Waals surface area contributed by atoms with E-state index in [1.807, 2.05) is 11.8 Å². The van der Waals surface area contributed by atoms with Gasteiger partial charge >= 0.3 is 5.97 Å². The first-order chi connectivity index (χ1) is 8.24. The smallest absolute Gasteiger partial charge is 0.337 e. The lowest BCUT2D eigenvalue weighted by molar-refractivity contribution is 0.0698. The molecule has 5 nitrogen and oxygen atoms in total. The van der Waals surface area contributed by atoms with Crippen LogP contribution >= 0.6 is 0 Å². The molecule has 0 bridgehead atoms. The molecule has 0 aliphatic rings. The Bertz CT molecular complexity index is 438. The van der Waals surface area contributed by atoms with Gasteiger partial charge in [-0.25, -0.2) is 4.79 Å². The molecule has 1 aromatic rings. The van der Waals surface area contributed by atoms with Crippen LogP contribution in [0.2, 0.25) is 0 Å². The molecule has 1 rings (SSSR count). The Balaban J connectivity index is 3.07. The molecule has 4 N–H and O–H groups in total. The van der Waals surface area contributed by atoms with Gasteiger partial charge in [0.05, 0.1) is 11.2 Å². The number of benzene rings is 1. The zero-order valence-corrected chi connectivity index (χ0v) is 11.0. The van der Waals surface area contributed by atoms with E-state index in [1.54, 1.807) is 26.0 Å². The van der Waals surface area contributed by atoms with Crippen molar-refractivity contribution < 1.29 is 15.0 Å². The largest absolute Gasteiger partial charge is 0.478 e. The molecule has 0 aliphatic heterocycles. The zero-order chi connectivity index (χ0) is 13.9. The van der Waals surface area contributed by atoms with Crippen molar-refractivity contribution in [1.82, 2.24) is 0 Å². The van der Waals surface area contributed by atoms with E-state index in [0.29, 0.717) is 13.1 Å². The number of aromatic carboxylic acids is 1. The van der Waals surface area contributed by atoms with Crippen LogP contribution in [0.3, 0.4) is 0 Å². The van der Waals surface area contributed by atoms with Crippen molar-refractivity contribution in [3.05, 3.63) is 23.8 Å². The van der Waals surface area contributed by atoms with Gasteiger partial charge in [0, 0.05) is 24.5 Å². The van der Waals surface area contributed by atoms with E-state index in [1.165, 1.54) is 6.07 Å². The lowest BCUT2D eigenvalue weighted by Gasteiger charge is -2.30. The van der Waals surface area contributed by atoms with Crippen molar-refractivity contribution in [3.63, 3.8) is 0 Å². The molecule has 0 spiro atoms. The summed E-state index contributed by atoms with van der Waals surface area (Å²) in [4.78, 5) is 12.9. The van der Waals surface area contributed by atoms with Gasteiger partial charge in [0.1, 0.15) is 0 Å². The van der Waals surface area contributed by atoms with Gasteiger partial charge in [-0.1, -0.05) is 0 Å². The van der Waals surface area contributed by atoms with E-state index in [0.717, 1.165) is 5.69 Å². The minimum atomic E-state index is -1.05. The average Bonchev–Trinajstić information content (AvgIpc) is 2.25. The molecule has 18 heavy (non-hydrogen) atoms. The van der Waals surface area contributed by atoms with Crippen LogP contribution in [0.4, 0.5) is 11.4 Å². The molecule has 0 radical (unpaired) electrons. The number of anilines is 2. The molecule has 0 atom stereocenters. The number of hydrogen-bond donors (Lipinski definition) is 3. The maximum absolute atomic E-state index is 11.0. The summed E-state index contributed by atoms with van der Waals surface area (Å²) in [6.07, 6.45) is 0. The first-order valence-electron chi connectivity index (χ1n) is 5.84. The minimum absolute atomic E-state index is 0.0849. The topological polar surface area (TPSA) is 86.8 Å². The molecular weight excluding hydrogens is 232 g/mol. The number of aliphatic hydroxyl groups is 1. The van der Waals surface area contributed by atoms with Gasteiger partial charge in [-0.15, -0.1) is 0 Å². The fourth-order valence-electron chi connectivity index (χ4n) is 1.78. The van der Waals surface area contributed by atoms with Crippen LogP contribution in [-0.2, 0) is 0 Å². The highest BCUT2D eigenvalue weighted by molar-refractivity contribution is 5.94. The molecule has 1 aromatic carbocycles. The number of carbonyl (C=O) groups is 1. The van der Waals surface area contributed by atoms with Crippen LogP contribution in [0.5, 0.6) is 0 Å². The molecular formula is C13H20N2O3. The molecule has 0 saturated heterocycles. The summed E-state index contributed by atoms with van der Waals surface area (Å²) in [5.74, 6) is -1.05. The molecule has 0 fully saturated rings. The third-order valence-electron chi connectivity index (χ3n) is 2.59. The summed E-state index contributed by atoms with van der Waals surface area (Å²) in [6, 6.07) is 4.87. The number of hydrogen-bond acceptors (Lipinski definition) is 4. The lowest BCUT2D eigenvalue weighted by Crippen LogP contribution is -2.38. The van der Waals surface area contributed by atoms with Gasteiger partial charge < -0.3 is 20.8 Å².